The molecule has 0 radical (unpaired) electrons. The zero-order chi connectivity index (χ0) is 28.6. The molecule has 0 aliphatic heterocycles. The number of esters is 1. The van der Waals surface area contributed by atoms with Gasteiger partial charge in [-0.15, -0.1) is 0 Å². The highest BCUT2D eigenvalue weighted by atomic mass is 19.1. The van der Waals surface area contributed by atoms with Gasteiger partial charge in [0.2, 0.25) is 0 Å². The normalized spacial score (nSPS) is 14.6. The number of nitrogens with one attached hydrogen (secondary N) is 1. The zero-order valence-electron chi connectivity index (χ0n) is 23.4. The molecule has 1 aliphatic carbocycles. The van der Waals surface area contributed by atoms with Crippen molar-refractivity contribution in [1.82, 2.24) is 10.3 Å². The summed E-state index contributed by atoms with van der Waals surface area (Å²) in [4.78, 5) is 30.3. The zero-order valence-corrected chi connectivity index (χ0v) is 23.4. The van der Waals surface area contributed by atoms with Gasteiger partial charge in [0.1, 0.15) is 24.2 Å². The van der Waals surface area contributed by atoms with Crippen LogP contribution in [-0.4, -0.2) is 29.0 Å². The van der Waals surface area contributed by atoms with E-state index >= 15 is 0 Å². The Morgan fingerprint density at radius 1 is 1.10 bits per heavy atom. The maximum absolute atomic E-state index is 14.0. The Morgan fingerprint density at radius 3 is 2.60 bits per heavy atom. The summed E-state index contributed by atoms with van der Waals surface area (Å²) in [5.41, 5.74) is 9.48. The fraction of sp³-hybridized carbons (Fsp3) is 0.406. The van der Waals surface area contributed by atoms with Gasteiger partial charge in [0.25, 0.3) is 5.91 Å². The van der Waals surface area contributed by atoms with E-state index in [9.17, 15) is 14.0 Å². The molecule has 1 saturated carbocycles. The summed E-state index contributed by atoms with van der Waals surface area (Å²) in [6, 6.07) is 13.2. The van der Waals surface area contributed by atoms with E-state index < -0.39 is 12.0 Å². The Morgan fingerprint density at radius 2 is 1.88 bits per heavy atom. The van der Waals surface area contributed by atoms with E-state index in [1.807, 2.05) is 26.0 Å². The summed E-state index contributed by atoms with van der Waals surface area (Å²) in [6.07, 6.45) is 6.97. The lowest BCUT2D eigenvalue weighted by Crippen LogP contribution is -2.36. The number of rotatable bonds is 10. The van der Waals surface area contributed by atoms with Crippen LogP contribution in [0.3, 0.4) is 0 Å². The Labute approximate surface area is 235 Å². The van der Waals surface area contributed by atoms with Gasteiger partial charge in [-0.05, 0) is 80.0 Å². The number of carbonyl (C=O) groups is 2. The van der Waals surface area contributed by atoms with Gasteiger partial charge in [0.15, 0.2) is 0 Å². The van der Waals surface area contributed by atoms with Crippen molar-refractivity contribution in [3.8, 4) is 17.0 Å². The molecular formula is C32H38FN3O4. The number of hydrogen-bond donors (Lipinski definition) is 2. The van der Waals surface area contributed by atoms with Crippen molar-refractivity contribution in [1.29, 1.82) is 0 Å². The molecule has 1 aromatic heterocycles. The van der Waals surface area contributed by atoms with Gasteiger partial charge < -0.3 is 20.5 Å². The third-order valence-corrected chi connectivity index (χ3v) is 7.28. The average Bonchev–Trinajstić information content (AvgIpc) is 2.96. The van der Waals surface area contributed by atoms with Crippen LogP contribution in [0.15, 0.2) is 54.7 Å². The Hall–Kier alpha value is -3.78. The predicted octanol–water partition coefficient (Wildman–Crippen LogP) is 5.86. The van der Waals surface area contributed by atoms with Gasteiger partial charge in [0, 0.05) is 23.9 Å². The third-order valence-electron chi connectivity index (χ3n) is 7.28. The SMILES string of the molecule is Cc1ccc(CNC(=O)c2cc(-c3ncccc3COC(=O)[C@@H](N)C(C)C)ccc2OC2CCCCC2)cc1F. The lowest BCUT2D eigenvalue weighted by Gasteiger charge is -2.24. The van der Waals surface area contributed by atoms with Crippen molar-refractivity contribution in [2.24, 2.45) is 11.7 Å². The number of carbonyl (C=O) groups excluding carboxylic acids is 2. The molecule has 1 heterocycles. The van der Waals surface area contributed by atoms with Crippen LogP contribution in [-0.2, 0) is 22.7 Å². The molecule has 40 heavy (non-hydrogen) atoms. The number of nitrogens with zero attached hydrogens (tertiary/aromatic N) is 1. The van der Waals surface area contributed by atoms with Gasteiger partial charge in [-0.25, -0.2) is 4.39 Å². The van der Waals surface area contributed by atoms with Crippen LogP contribution in [0.25, 0.3) is 11.3 Å². The average molecular weight is 548 g/mol. The van der Waals surface area contributed by atoms with E-state index in [-0.39, 0.29) is 36.9 Å². The molecule has 1 amide bonds. The van der Waals surface area contributed by atoms with Crippen LogP contribution in [0, 0.1) is 18.7 Å². The molecule has 8 heteroatoms. The Balaban J connectivity index is 1.60. The first-order valence-electron chi connectivity index (χ1n) is 13.9. The minimum absolute atomic E-state index is 0.00324. The molecule has 3 N–H and O–H groups in total. The number of aromatic nitrogens is 1. The maximum atomic E-state index is 14.0. The topological polar surface area (TPSA) is 104 Å². The first kappa shape index (κ1) is 29.2. The standard InChI is InChI=1S/C32H38FN3O4/c1-20(2)29(34)32(38)39-19-24-8-7-15-35-30(24)23-13-14-28(40-25-9-5-4-6-10-25)26(17-23)31(37)36-18-22-12-11-21(3)27(33)16-22/h7-8,11-17,20,25,29H,4-6,9-10,18-19,34H2,1-3H3,(H,36,37)/t29-/m0/s1. The van der Waals surface area contributed by atoms with E-state index in [2.05, 4.69) is 10.3 Å². The van der Waals surface area contributed by atoms with Crippen molar-refractivity contribution >= 4 is 11.9 Å². The molecule has 0 unspecified atom stereocenters. The number of ether oxygens (including phenoxy) is 2. The van der Waals surface area contributed by atoms with Gasteiger partial charge in [-0.3, -0.25) is 14.6 Å². The number of benzene rings is 2. The lowest BCUT2D eigenvalue weighted by molar-refractivity contribution is -0.147. The minimum atomic E-state index is -0.714. The van der Waals surface area contributed by atoms with E-state index in [4.69, 9.17) is 15.2 Å². The lowest BCUT2D eigenvalue weighted by atomic mass is 9.97. The fourth-order valence-corrected chi connectivity index (χ4v) is 4.68. The summed E-state index contributed by atoms with van der Waals surface area (Å²) in [7, 11) is 0. The molecule has 1 fully saturated rings. The molecule has 1 atom stereocenters. The molecule has 0 saturated heterocycles. The van der Waals surface area contributed by atoms with E-state index in [1.165, 1.54) is 12.5 Å². The minimum Gasteiger partial charge on any atom is -0.490 e. The monoisotopic (exact) mass is 547 g/mol. The quantitative estimate of drug-likeness (QED) is 0.308. The number of nitrogens with two attached hydrogens (primary N) is 1. The number of aryl methyl sites for hydroxylation is 1. The highest BCUT2D eigenvalue weighted by Gasteiger charge is 2.22. The fourth-order valence-electron chi connectivity index (χ4n) is 4.68. The van der Waals surface area contributed by atoms with E-state index in [0.717, 1.165) is 25.7 Å². The van der Waals surface area contributed by atoms with Gasteiger partial charge >= 0.3 is 5.97 Å². The van der Waals surface area contributed by atoms with Crippen LogP contribution in [0.4, 0.5) is 4.39 Å². The van der Waals surface area contributed by atoms with Gasteiger partial charge in [-0.1, -0.05) is 38.5 Å². The second kappa shape index (κ2) is 13.5. The van der Waals surface area contributed by atoms with E-state index in [1.54, 1.807) is 43.5 Å². The summed E-state index contributed by atoms with van der Waals surface area (Å²) in [6.45, 7) is 5.59. The summed E-state index contributed by atoms with van der Waals surface area (Å²) in [5, 5.41) is 2.91. The van der Waals surface area contributed by atoms with Crippen molar-refractivity contribution in [2.75, 3.05) is 0 Å². The maximum Gasteiger partial charge on any atom is 0.323 e. The second-order valence-electron chi connectivity index (χ2n) is 10.7. The Bertz CT molecular complexity index is 1340. The summed E-state index contributed by atoms with van der Waals surface area (Å²) >= 11 is 0. The van der Waals surface area contributed by atoms with Crippen LogP contribution in [0.1, 0.15) is 73.0 Å². The van der Waals surface area contributed by atoms with Crippen LogP contribution < -0.4 is 15.8 Å². The highest BCUT2D eigenvalue weighted by molar-refractivity contribution is 5.98. The number of halogens is 1. The molecule has 212 valence electrons. The molecule has 7 nitrogen and oxygen atoms in total. The van der Waals surface area contributed by atoms with E-state index in [0.29, 0.717) is 39.3 Å². The molecule has 1 aliphatic rings. The van der Waals surface area contributed by atoms with Gasteiger partial charge in [-0.2, -0.15) is 0 Å². The van der Waals surface area contributed by atoms with Crippen LogP contribution >= 0.6 is 0 Å². The molecule has 4 rings (SSSR count). The molecule has 0 spiro atoms. The third kappa shape index (κ3) is 7.45. The highest BCUT2D eigenvalue weighted by Crippen LogP contribution is 2.31. The molecule has 0 bridgehead atoms. The summed E-state index contributed by atoms with van der Waals surface area (Å²) < 4.78 is 25.8. The second-order valence-corrected chi connectivity index (χ2v) is 10.7. The van der Waals surface area contributed by atoms with Crippen molar-refractivity contribution in [3.63, 3.8) is 0 Å². The van der Waals surface area contributed by atoms with Crippen LogP contribution in [0.2, 0.25) is 0 Å². The Kier molecular flexibility index (Phi) is 9.88. The van der Waals surface area contributed by atoms with Crippen molar-refractivity contribution < 1.29 is 23.5 Å². The van der Waals surface area contributed by atoms with Gasteiger partial charge in [0.05, 0.1) is 17.4 Å². The first-order valence-corrected chi connectivity index (χ1v) is 13.9. The van der Waals surface area contributed by atoms with Crippen LogP contribution in [0.5, 0.6) is 5.75 Å². The number of amides is 1. The smallest absolute Gasteiger partial charge is 0.323 e. The molecule has 2 aromatic carbocycles. The molecular weight excluding hydrogens is 509 g/mol. The molecule has 3 aromatic rings. The largest absolute Gasteiger partial charge is 0.490 e. The predicted molar refractivity (Wildman–Crippen MR) is 152 cm³/mol. The first-order chi connectivity index (χ1) is 19.2. The van der Waals surface area contributed by atoms with Crippen molar-refractivity contribution in [3.05, 3.63) is 82.8 Å². The number of hydrogen-bond acceptors (Lipinski definition) is 6. The number of pyridine rings is 1. The van der Waals surface area contributed by atoms with Crippen molar-refractivity contribution in [2.45, 2.75) is 78.2 Å². The summed E-state index contributed by atoms with van der Waals surface area (Å²) in [5.74, 6) is -0.674.